The molecule has 1 N–H and O–H groups in total. The number of hydrogen-bond donors (Lipinski definition) is 1. The Morgan fingerprint density at radius 1 is 1.62 bits per heavy atom. The lowest BCUT2D eigenvalue weighted by Crippen LogP contribution is -2.13. The van der Waals surface area contributed by atoms with E-state index in [-0.39, 0.29) is 11.7 Å². The molecule has 6 heteroatoms. The average Bonchev–Trinajstić information content (AvgIpc) is 2.87. The highest BCUT2D eigenvalue weighted by atomic mass is 16.5. The standard InChI is InChI=1S/C10H12N4O2/c1-6-13-8(7-3-2-4-16-7)9-10(15)11-5-12-14(6)9/h5,7H,2-4H2,1H3,(H,11,12,15)/t7-/m0/s1. The van der Waals surface area contributed by atoms with Gasteiger partial charge in [0.2, 0.25) is 0 Å². The Kier molecular flexibility index (Phi) is 2.03. The third-order valence-corrected chi connectivity index (χ3v) is 2.86. The van der Waals surface area contributed by atoms with Gasteiger partial charge in [-0.2, -0.15) is 5.10 Å². The van der Waals surface area contributed by atoms with E-state index in [2.05, 4.69) is 15.1 Å². The first-order chi connectivity index (χ1) is 7.77. The number of ether oxygens (including phenoxy) is 1. The molecule has 0 radical (unpaired) electrons. The summed E-state index contributed by atoms with van der Waals surface area (Å²) in [4.78, 5) is 18.7. The van der Waals surface area contributed by atoms with Gasteiger partial charge in [0.25, 0.3) is 5.56 Å². The number of aromatic amines is 1. The van der Waals surface area contributed by atoms with Crippen molar-refractivity contribution in [2.45, 2.75) is 25.9 Å². The maximum absolute atomic E-state index is 11.8. The highest BCUT2D eigenvalue weighted by Crippen LogP contribution is 2.29. The fraction of sp³-hybridized carbons (Fsp3) is 0.500. The fourth-order valence-electron chi connectivity index (χ4n) is 2.13. The van der Waals surface area contributed by atoms with Crippen molar-refractivity contribution < 1.29 is 4.74 Å². The van der Waals surface area contributed by atoms with E-state index < -0.39 is 0 Å². The number of aryl methyl sites for hydroxylation is 1. The van der Waals surface area contributed by atoms with Crippen LogP contribution in [0.5, 0.6) is 0 Å². The predicted octanol–water partition coefficient (Wildman–Crippen LogP) is 0.578. The Labute approximate surface area is 91.3 Å². The number of nitrogens with one attached hydrogen (secondary N) is 1. The summed E-state index contributed by atoms with van der Waals surface area (Å²) in [5, 5.41) is 4.08. The van der Waals surface area contributed by atoms with Crippen molar-refractivity contribution in [3.05, 3.63) is 28.2 Å². The molecule has 0 saturated carbocycles. The lowest BCUT2D eigenvalue weighted by molar-refractivity contribution is 0.110. The zero-order valence-electron chi connectivity index (χ0n) is 8.93. The number of rotatable bonds is 1. The summed E-state index contributed by atoms with van der Waals surface area (Å²) in [5.41, 5.74) is 1.05. The third-order valence-electron chi connectivity index (χ3n) is 2.86. The molecule has 2 aromatic rings. The first-order valence-electron chi connectivity index (χ1n) is 5.32. The highest BCUT2D eigenvalue weighted by Gasteiger charge is 2.25. The van der Waals surface area contributed by atoms with E-state index in [1.165, 1.54) is 6.33 Å². The maximum atomic E-state index is 11.8. The topological polar surface area (TPSA) is 72.3 Å². The summed E-state index contributed by atoms with van der Waals surface area (Å²) in [6.45, 7) is 2.57. The van der Waals surface area contributed by atoms with Crippen LogP contribution in [0.3, 0.4) is 0 Å². The Hall–Kier alpha value is -1.69. The number of imidazole rings is 1. The molecular weight excluding hydrogens is 208 g/mol. The molecule has 1 atom stereocenters. The Morgan fingerprint density at radius 2 is 2.50 bits per heavy atom. The molecule has 1 saturated heterocycles. The van der Waals surface area contributed by atoms with Crippen LogP contribution in [0.2, 0.25) is 0 Å². The predicted molar refractivity (Wildman–Crippen MR) is 56.3 cm³/mol. The average molecular weight is 220 g/mol. The van der Waals surface area contributed by atoms with Crippen LogP contribution in [0, 0.1) is 6.92 Å². The normalized spacial score (nSPS) is 20.7. The molecule has 0 aromatic carbocycles. The van der Waals surface area contributed by atoms with Crippen LogP contribution in [-0.2, 0) is 4.74 Å². The van der Waals surface area contributed by atoms with Crippen LogP contribution in [0.25, 0.3) is 5.52 Å². The van der Waals surface area contributed by atoms with Crippen molar-refractivity contribution in [3.8, 4) is 0 Å². The molecule has 84 valence electrons. The van der Waals surface area contributed by atoms with Gasteiger partial charge in [0, 0.05) is 6.61 Å². The zero-order chi connectivity index (χ0) is 11.1. The van der Waals surface area contributed by atoms with Gasteiger partial charge < -0.3 is 9.72 Å². The van der Waals surface area contributed by atoms with Crippen molar-refractivity contribution >= 4 is 5.52 Å². The minimum absolute atomic E-state index is 0.0611. The van der Waals surface area contributed by atoms with Gasteiger partial charge >= 0.3 is 0 Å². The summed E-state index contributed by atoms with van der Waals surface area (Å²) in [6, 6.07) is 0. The van der Waals surface area contributed by atoms with E-state index in [9.17, 15) is 4.79 Å². The molecule has 1 fully saturated rings. The van der Waals surface area contributed by atoms with Gasteiger partial charge in [-0.25, -0.2) is 9.50 Å². The van der Waals surface area contributed by atoms with Gasteiger partial charge in [-0.15, -0.1) is 0 Å². The first-order valence-corrected chi connectivity index (χ1v) is 5.32. The number of fused-ring (bicyclic) bond motifs is 1. The molecule has 2 aromatic heterocycles. The summed E-state index contributed by atoms with van der Waals surface area (Å²) in [6.07, 6.45) is 3.25. The van der Waals surface area contributed by atoms with E-state index in [1.54, 1.807) is 4.52 Å². The van der Waals surface area contributed by atoms with Crippen LogP contribution < -0.4 is 5.56 Å². The van der Waals surface area contributed by atoms with Crippen molar-refractivity contribution in [1.82, 2.24) is 19.6 Å². The highest BCUT2D eigenvalue weighted by molar-refractivity contribution is 5.51. The summed E-state index contributed by atoms with van der Waals surface area (Å²) >= 11 is 0. The lowest BCUT2D eigenvalue weighted by Gasteiger charge is -2.04. The number of hydrogen-bond acceptors (Lipinski definition) is 4. The number of nitrogens with zero attached hydrogens (tertiary/aromatic N) is 3. The van der Waals surface area contributed by atoms with E-state index in [0.29, 0.717) is 17.0 Å². The van der Waals surface area contributed by atoms with Gasteiger partial charge in [-0.1, -0.05) is 0 Å². The second-order valence-electron chi connectivity index (χ2n) is 3.92. The van der Waals surface area contributed by atoms with Gasteiger partial charge in [0.15, 0.2) is 5.52 Å². The molecular formula is C10H12N4O2. The van der Waals surface area contributed by atoms with Crippen LogP contribution >= 0.6 is 0 Å². The second-order valence-corrected chi connectivity index (χ2v) is 3.92. The molecule has 3 heterocycles. The van der Waals surface area contributed by atoms with E-state index >= 15 is 0 Å². The lowest BCUT2D eigenvalue weighted by atomic mass is 10.2. The van der Waals surface area contributed by atoms with Crippen molar-refractivity contribution in [1.29, 1.82) is 0 Å². The fourth-order valence-corrected chi connectivity index (χ4v) is 2.13. The monoisotopic (exact) mass is 220 g/mol. The van der Waals surface area contributed by atoms with Crippen LogP contribution in [-0.4, -0.2) is 26.2 Å². The molecule has 3 rings (SSSR count). The van der Waals surface area contributed by atoms with Gasteiger partial charge in [-0.3, -0.25) is 4.79 Å². The quantitative estimate of drug-likeness (QED) is 0.762. The molecule has 0 unspecified atom stereocenters. The summed E-state index contributed by atoms with van der Waals surface area (Å²) < 4.78 is 7.12. The van der Waals surface area contributed by atoms with Crippen LogP contribution in [0.15, 0.2) is 11.1 Å². The van der Waals surface area contributed by atoms with Crippen molar-refractivity contribution in [3.63, 3.8) is 0 Å². The number of H-pyrrole nitrogens is 1. The second kappa shape index (κ2) is 3.41. The van der Waals surface area contributed by atoms with E-state index in [4.69, 9.17) is 4.74 Å². The molecule has 1 aliphatic heterocycles. The molecule has 0 spiro atoms. The SMILES string of the molecule is Cc1nc([C@@H]2CCCO2)c2c(=O)[nH]cnn12. The third kappa shape index (κ3) is 1.26. The van der Waals surface area contributed by atoms with Crippen LogP contribution in [0.4, 0.5) is 0 Å². The molecule has 0 bridgehead atoms. The van der Waals surface area contributed by atoms with Crippen LogP contribution in [0.1, 0.15) is 30.5 Å². The zero-order valence-corrected chi connectivity index (χ0v) is 8.93. The summed E-state index contributed by atoms with van der Waals surface area (Å²) in [7, 11) is 0. The molecule has 0 amide bonds. The Morgan fingerprint density at radius 3 is 3.25 bits per heavy atom. The van der Waals surface area contributed by atoms with E-state index in [0.717, 1.165) is 19.4 Å². The Bertz CT molecular complexity index is 580. The maximum Gasteiger partial charge on any atom is 0.277 e. The smallest absolute Gasteiger partial charge is 0.277 e. The van der Waals surface area contributed by atoms with E-state index in [1.807, 2.05) is 6.92 Å². The molecule has 6 nitrogen and oxygen atoms in total. The Balaban J connectivity index is 2.28. The minimum atomic E-state index is -0.166. The molecule has 0 aliphatic carbocycles. The molecule has 1 aliphatic rings. The van der Waals surface area contributed by atoms with Gasteiger partial charge in [-0.05, 0) is 19.8 Å². The largest absolute Gasteiger partial charge is 0.372 e. The first kappa shape index (κ1) is 9.53. The van der Waals surface area contributed by atoms with Crippen molar-refractivity contribution in [2.24, 2.45) is 0 Å². The minimum Gasteiger partial charge on any atom is -0.372 e. The summed E-state index contributed by atoms with van der Waals surface area (Å²) in [5.74, 6) is 0.714. The van der Waals surface area contributed by atoms with Crippen molar-refractivity contribution in [2.75, 3.05) is 6.61 Å². The number of aromatic nitrogens is 4. The van der Waals surface area contributed by atoms with Gasteiger partial charge in [0.1, 0.15) is 23.9 Å². The molecule has 16 heavy (non-hydrogen) atoms. The van der Waals surface area contributed by atoms with Gasteiger partial charge in [0.05, 0.1) is 0 Å².